The molecule has 1 nitrogen and oxygen atoms in total. The molecule has 0 saturated heterocycles. The van der Waals surface area contributed by atoms with Gasteiger partial charge in [-0.25, -0.2) is 0 Å². The van der Waals surface area contributed by atoms with Gasteiger partial charge < -0.3 is 4.79 Å². The van der Waals surface area contributed by atoms with Crippen molar-refractivity contribution < 1.29 is 4.79 Å². The molecule has 1 aliphatic rings. The van der Waals surface area contributed by atoms with Crippen molar-refractivity contribution in [2.75, 3.05) is 0 Å². The van der Waals surface area contributed by atoms with Gasteiger partial charge in [0.1, 0.15) is 6.29 Å². The number of hydrogen-bond acceptors (Lipinski definition) is 1. The standard InChI is InChI=1S/C6H6O/c1-2-6(5-7)3-4-6/h1,5H,3-4H2. The van der Waals surface area contributed by atoms with Crippen molar-refractivity contribution in [1.82, 2.24) is 0 Å². The van der Waals surface area contributed by atoms with E-state index in [1.165, 1.54) is 0 Å². The second-order valence-corrected chi connectivity index (χ2v) is 1.92. The zero-order valence-corrected chi connectivity index (χ0v) is 3.98. The third kappa shape index (κ3) is 0.521. The smallest absolute Gasteiger partial charge is 0.138 e. The Hall–Kier alpha value is -0.770. The summed E-state index contributed by atoms with van der Waals surface area (Å²) in [4.78, 5) is 9.98. The first-order valence-corrected chi connectivity index (χ1v) is 2.27. The SMILES string of the molecule is C#CC1(C=O)CC1. The van der Waals surface area contributed by atoms with E-state index in [2.05, 4.69) is 5.92 Å². The quantitative estimate of drug-likeness (QED) is 0.343. The molecule has 0 amide bonds. The molecule has 0 radical (unpaired) electrons. The zero-order chi connectivity index (χ0) is 5.33. The number of rotatable bonds is 1. The van der Waals surface area contributed by atoms with Crippen molar-refractivity contribution in [3.05, 3.63) is 0 Å². The molecule has 1 saturated carbocycles. The Kier molecular flexibility index (Phi) is 0.689. The molecule has 1 rings (SSSR count). The summed E-state index contributed by atoms with van der Waals surface area (Å²) in [5, 5.41) is 0. The van der Waals surface area contributed by atoms with Gasteiger partial charge in [0, 0.05) is 0 Å². The molecule has 0 aliphatic heterocycles. The van der Waals surface area contributed by atoms with Gasteiger partial charge in [0.2, 0.25) is 0 Å². The molecule has 1 fully saturated rings. The Morgan fingerprint density at radius 2 is 2.29 bits per heavy atom. The van der Waals surface area contributed by atoms with Crippen molar-refractivity contribution >= 4 is 6.29 Å². The fourth-order valence-corrected chi connectivity index (χ4v) is 0.431. The van der Waals surface area contributed by atoms with E-state index in [9.17, 15) is 4.79 Å². The third-order valence-corrected chi connectivity index (χ3v) is 1.30. The lowest BCUT2D eigenvalue weighted by Gasteiger charge is -1.85. The van der Waals surface area contributed by atoms with E-state index >= 15 is 0 Å². The third-order valence-electron chi connectivity index (χ3n) is 1.30. The van der Waals surface area contributed by atoms with Crippen LogP contribution >= 0.6 is 0 Å². The Labute approximate surface area is 42.7 Å². The van der Waals surface area contributed by atoms with Gasteiger partial charge in [-0.2, -0.15) is 0 Å². The van der Waals surface area contributed by atoms with E-state index in [0.717, 1.165) is 19.1 Å². The summed E-state index contributed by atoms with van der Waals surface area (Å²) in [7, 11) is 0. The summed E-state index contributed by atoms with van der Waals surface area (Å²) in [6, 6.07) is 0. The van der Waals surface area contributed by atoms with E-state index in [0.29, 0.717) is 0 Å². The number of aldehydes is 1. The highest BCUT2D eigenvalue weighted by atomic mass is 16.1. The molecule has 1 aliphatic carbocycles. The van der Waals surface area contributed by atoms with Crippen molar-refractivity contribution in [3.8, 4) is 12.3 Å². The van der Waals surface area contributed by atoms with Gasteiger partial charge in [-0.1, -0.05) is 5.92 Å². The molecule has 0 unspecified atom stereocenters. The van der Waals surface area contributed by atoms with Gasteiger partial charge in [-0.3, -0.25) is 0 Å². The first-order chi connectivity index (χ1) is 3.33. The first-order valence-electron chi connectivity index (χ1n) is 2.27. The van der Waals surface area contributed by atoms with Crippen LogP contribution in [0.2, 0.25) is 0 Å². The van der Waals surface area contributed by atoms with Crippen molar-refractivity contribution in [1.29, 1.82) is 0 Å². The molecule has 36 valence electrons. The maximum Gasteiger partial charge on any atom is 0.138 e. The van der Waals surface area contributed by atoms with Gasteiger partial charge in [0.15, 0.2) is 0 Å². The fourth-order valence-electron chi connectivity index (χ4n) is 0.431. The summed E-state index contributed by atoms with van der Waals surface area (Å²) in [6.07, 6.45) is 7.66. The molecule has 7 heavy (non-hydrogen) atoms. The fraction of sp³-hybridized carbons (Fsp3) is 0.500. The van der Waals surface area contributed by atoms with Crippen LogP contribution < -0.4 is 0 Å². The minimum absolute atomic E-state index is 0.319. The summed E-state index contributed by atoms with van der Waals surface area (Å²) in [5.74, 6) is 2.43. The summed E-state index contributed by atoms with van der Waals surface area (Å²) < 4.78 is 0. The van der Waals surface area contributed by atoms with Gasteiger partial charge in [0.05, 0.1) is 5.41 Å². The summed E-state index contributed by atoms with van der Waals surface area (Å²) in [5.41, 5.74) is -0.319. The van der Waals surface area contributed by atoms with Crippen molar-refractivity contribution in [2.24, 2.45) is 5.41 Å². The predicted octanol–water partition coefficient (Wildman–Crippen LogP) is 0.599. The molecule has 0 N–H and O–H groups in total. The molecule has 0 bridgehead atoms. The van der Waals surface area contributed by atoms with E-state index in [-0.39, 0.29) is 5.41 Å². The Morgan fingerprint density at radius 1 is 1.71 bits per heavy atom. The van der Waals surface area contributed by atoms with Crippen molar-refractivity contribution in [3.63, 3.8) is 0 Å². The van der Waals surface area contributed by atoms with Gasteiger partial charge in [0.25, 0.3) is 0 Å². The van der Waals surface area contributed by atoms with E-state index < -0.39 is 0 Å². The lowest BCUT2D eigenvalue weighted by molar-refractivity contribution is -0.110. The van der Waals surface area contributed by atoms with Crippen LogP contribution in [0.15, 0.2) is 0 Å². The maximum absolute atomic E-state index is 9.98. The second kappa shape index (κ2) is 1.10. The number of hydrogen-bond donors (Lipinski definition) is 0. The van der Waals surface area contributed by atoms with E-state index in [1.54, 1.807) is 0 Å². The maximum atomic E-state index is 9.98. The molecule has 0 aromatic heterocycles. The minimum atomic E-state index is -0.319. The lowest BCUT2D eigenvalue weighted by atomic mass is 10.2. The molecule has 0 spiro atoms. The monoisotopic (exact) mass is 94.0 g/mol. The predicted molar refractivity (Wildman–Crippen MR) is 26.6 cm³/mol. The average Bonchev–Trinajstić information content (AvgIpc) is 2.46. The topological polar surface area (TPSA) is 17.1 Å². The Balaban J connectivity index is 2.64. The number of carbonyl (C=O) groups is 1. The van der Waals surface area contributed by atoms with E-state index in [1.807, 2.05) is 0 Å². The highest BCUT2D eigenvalue weighted by Crippen LogP contribution is 2.42. The van der Waals surface area contributed by atoms with E-state index in [4.69, 9.17) is 6.42 Å². The highest BCUT2D eigenvalue weighted by molar-refractivity contribution is 5.68. The van der Waals surface area contributed by atoms with Crippen LogP contribution in [0.1, 0.15) is 12.8 Å². The summed E-state index contributed by atoms with van der Waals surface area (Å²) in [6.45, 7) is 0. The molecule has 0 heterocycles. The number of carbonyl (C=O) groups excluding carboxylic acids is 1. The molecular formula is C6H6O. The molecule has 1 heteroatoms. The Bertz CT molecular complexity index is 126. The normalized spacial score (nSPS) is 22.7. The highest BCUT2D eigenvalue weighted by Gasteiger charge is 2.40. The zero-order valence-electron chi connectivity index (χ0n) is 3.98. The Morgan fingerprint density at radius 3 is 2.29 bits per heavy atom. The van der Waals surface area contributed by atoms with Crippen LogP contribution in [0.3, 0.4) is 0 Å². The number of terminal acetylenes is 1. The summed E-state index contributed by atoms with van der Waals surface area (Å²) >= 11 is 0. The van der Waals surface area contributed by atoms with Crippen LogP contribution in [0.4, 0.5) is 0 Å². The van der Waals surface area contributed by atoms with Crippen LogP contribution in [-0.4, -0.2) is 6.29 Å². The average molecular weight is 94.1 g/mol. The van der Waals surface area contributed by atoms with Crippen LogP contribution in [-0.2, 0) is 4.79 Å². The van der Waals surface area contributed by atoms with Gasteiger partial charge in [-0.15, -0.1) is 6.42 Å². The lowest BCUT2D eigenvalue weighted by Crippen LogP contribution is -1.94. The largest absolute Gasteiger partial charge is 0.302 e. The molecule has 0 aromatic carbocycles. The second-order valence-electron chi connectivity index (χ2n) is 1.92. The van der Waals surface area contributed by atoms with Crippen LogP contribution in [0.5, 0.6) is 0 Å². The van der Waals surface area contributed by atoms with Crippen LogP contribution in [0.25, 0.3) is 0 Å². The molecule has 0 atom stereocenters. The molecule has 0 aromatic rings. The minimum Gasteiger partial charge on any atom is -0.302 e. The first kappa shape index (κ1) is 4.39. The van der Waals surface area contributed by atoms with Gasteiger partial charge >= 0.3 is 0 Å². The van der Waals surface area contributed by atoms with Crippen molar-refractivity contribution in [2.45, 2.75) is 12.8 Å². The van der Waals surface area contributed by atoms with Crippen LogP contribution in [0, 0.1) is 17.8 Å². The van der Waals surface area contributed by atoms with Gasteiger partial charge in [-0.05, 0) is 12.8 Å². The molecular weight excluding hydrogens is 88.1 g/mol.